The van der Waals surface area contributed by atoms with Crippen LogP contribution in [0, 0.1) is 13.8 Å². The molecular weight excluding hydrogens is 396 g/mol. The first-order chi connectivity index (χ1) is 14.4. The summed E-state index contributed by atoms with van der Waals surface area (Å²) in [6, 6.07) is 13.1. The van der Waals surface area contributed by atoms with Crippen molar-refractivity contribution in [2.75, 3.05) is 0 Å². The third-order valence-corrected chi connectivity index (χ3v) is 6.28. The van der Waals surface area contributed by atoms with Gasteiger partial charge in [0.15, 0.2) is 10.9 Å². The number of thioether (sulfide) groups is 1. The molecule has 0 amide bonds. The van der Waals surface area contributed by atoms with Crippen LogP contribution >= 0.6 is 11.8 Å². The molecular formula is C23H22N4O2S. The van der Waals surface area contributed by atoms with Crippen LogP contribution in [0.2, 0.25) is 0 Å². The summed E-state index contributed by atoms with van der Waals surface area (Å²) < 4.78 is 3.39. The minimum absolute atomic E-state index is 0.0311. The molecule has 2 aromatic carbocycles. The summed E-state index contributed by atoms with van der Waals surface area (Å²) in [6.07, 6.45) is 1.66. The Morgan fingerprint density at radius 1 is 1.17 bits per heavy atom. The number of para-hydroxylation sites is 1. The Balaban J connectivity index is 1.80. The SMILES string of the molecule is C=CCn1c(=O)c2ccccc2n2c(SC(C)C(=O)c3ccc(C)c(C)c3)nnc12. The van der Waals surface area contributed by atoms with E-state index in [0.29, 0.717) is 28.4 Å². The van der Waals surface area contributed by atoms with Gasteiger partial charge in [-0.05, 0) is 50.1 Å². The quantitative estimate of drug-likeness (QED) is 0.267. The standard InChI is InChI=1S/C23H22N4O2S/c1-5-12-26-21(29)18-8-6-7-9-19(18)27-22(26)24-25-23(27)30-16(4)20(28)17-11-10-14(2)15(3)13-17/h5-11,13,16H,1,12H2,2-4H3. The second-order valence-electron chi connectivity index (χ2n) is 7.26. The van der Waals surface area contributed by atoms with Crippen molar-refractivity contribution < 1.29 is 4.79 Å². The Kier molecular flexibility index (Phi) is 5.30. The van der Waals surface area contributed by atoms with Crippen LogP contribution in [0.1, 0.15) is 28.4 Å². The first-order valence-corrected chi connectivity index (χ1v) is 10.6. The van der Waals surface area contributed by atoms with Crippen LogP contribution in [0.15, 0.2) is 65.1 Å². The molecule has 0 aliphatic carbocycles. The lowest BCUT2D eigenvalue weighted by Gasteiger charge is -2.12. The van der Waals surface area contributed by atoms with Crippen molar-refractivity contribution in [3.8, 4) is 0 Å². The molecule has 0 N–H and O–H groups in total. The van der Waals surface area contributed by atoms with E-state index in [2.05, 4.69) is 16.8 Å². The Hall–Kier alpha value is -3.19. The van der Waals surface area contributed by atoms with Gasteiger partial charge in [-0.15, -0.1) is 16.8 Å². The number of hydrogen-bond acceptors (Lipinski definition) is 5. The Labute approximate surface area is 178 Å². The molecule has 2 heterocycles. The van der Waals surface area contributed by atoms with Gasteiger partial charge in [0.05, 0.1) is 16.2 Å². The van der Waals surface area contributed by atoms with E-state index in [9.17, 15) is 9.59 Å². The largest absolute Gasteiger partial charge is 0.293 e. The number of rotatable bonds is 6. The van der Waals surface area contributed by atoms with Gasteiger partial charge < -0.3 is 0 Å². The third-order valence-electron chi connectivity index (χ3n) is 5.23. The number of carbonyl (C=O) groups excluding carboxylic acids is 1. The van der Waals surface area contributed by atoms with Crippen molar-refractivity contribution in [1.29, 1.82) is 0 Å². The molecule has 0 spiro atoms. The first kappa shape index (κ1) is 20.1. The number of nitrogens with zero attached hydrogens (tertiary/aromatic N) is 4. The Morgan fingerprint density at radius 3 is 2.67 bits per heavy atom. The molecule has 0 radical (unpaired) electrons. The van der Waals surface area contributed by atoms with E-state index in [0.717, 1.165) is 16.6 Å². The molecule has 0 saturated carbocycles. The van der Waals surface area contributed by atoms with Gasteiger partial charge in [-0.25, -0.2) is 0 Å². The van der Waals surface area contributed by atoms with Crippen molar-refractivity contribution in [3.63, 3.8) is 0 Å². The highest BCUT2D eigenvalue weighted by Crippen LogP contribution is 2.27. The summed E-state index contributed by atoms with van der Waals surface area (Å²) in [4.78, 5) is 25.9. The monoisotopic (exact) mass is 418 g/mol. The summed E-state index contributed by atoms with van der Waals surface area (Å²) >= 11 is 1.34. The number of benzene rings is 2. The van der Waals surface area contributed by atoms with Crippen LogP contribution in [-0.4, -0.2) is 30.2 Å². The molecule has 30 heavy (non-hydrogen) atoms. The number of aromatic nitrogens is 4. The molecule has 4 aromatic rings. The Morgan fingerprint density at radius 2 is 1.93 bits per heavy atom. The summed E-state index contributed by atoms with van der Waals surface area (Å²) in [5.74, 6) is 0.468. The number of ketones is 1. The summed E-state index contributed by atoms with van der Waals surface area (Å²) in [5.41, 5.74) is 3.50. The zero-order valence-electron chi connectivity index (χ0n) is 17.1. The molecule has 2 aromatic heterocycles. The highest BCUT2D eigenvalue weighted by Gasteiger charge is 2.22. The fraction of sp³-hybridized carbons (Fsp3) is 0.217. The van der Waals surface area contributed by atoms with E-state index in [-0.39, 0.29) is 16.6 Å². The van der Waals surface area contributed by atoms with Crippen LogP contribution < -0.4 is 5.56 Å². The van der Waals surface area contributed by atoms with Gasteiger partial charge in [-0.3, -0.25) is 18.6 Å². The van der Waals surface area contributed by atoms with E-state index in [4.69, 9.17) is 0 Å². The minimum Gasteiger partial charge on any atom is -0.293 e. The van der Waals surface area contributed by atoms with Gasteiger partial charge in [0.1, 0.15) is 0 Å². The number of carbonyl (C=O) groups is 1. The average Bonchev–Trinajstić information content (AvgIpc) is 3.16. The molecule has 0 fully saturated rings. The van der Waals surface area contributed by atoms with Crippen LogP contribution in [0.4, 0.5) is 0 Å². The van der Waals surface area contributed by atoms with Gasteiger partial charge in [-0.1, -0.05) is 42.1 Å². The lowest BCUT2D eigenvalue weighted by molar-refractivity contribution is 0.0994. The first-order valence-electron chi connectivity index (χ1n) is 9.68. The van der Waals surface area contributed by atoms with E-state index in [1.54, 1.807) is 16.7 Å². The molecule has 7 heteroatoms. The van der Waals surface area contributed by atoms with Crippen molar-refractivity contribution in [2.24, 2.45) is 0 Å². The van der Waals surface area contributed by atoms with Crippen molar-refractivity contribution in [1.82, 2.24) is 19.2 Å². The van der Waals surface area contributed by atoms with E-state index < -0.39 is 0 Å². The minimum atomic E-state index is -0.363. The number of aryl methyl sites for hydroxylation is 2. The Bertz CT molecular complexity index is 1350. The zero-order chi connectivity index (χ0) is 21.4. The summed E-state index contributed by atoms with van der Waals surface area (Å²) in [7, 11) is 0. The maximum absolute atomic E-state index is 13.0. The maximum atomic E-state index is 13.0. The molecule has 152 valence electrons. The second-order valence-corrected chi connectivity index (χ2v) is 8.57. The molecule has 1 atom stereocenters. The van der Waals surface area contributed by atoms with Crippen LogP contribution in [-0.2, 0) is 6.54 Å². The van der Waals surface area contributed by atoms with Crippen LogP contribution in [0.5, 0.6) is 0 Å². The molecule has 0 aliphatic heterocycles. The number of allylic oxidation sites excluding steroid dienone is 1. The molecule has 6 nitrogen and oxygen atoms in total. The van der Waals surface area contributed by atoms with Crippen molar-refractivity contribution in [3.05, 3.63) is 82.2 Å². The predicted molar refractivity (Wildman–Crippen MR) is 121 cm³/mol. The van der Waals surface area contributed by atoms with E-state index in [1.165, 1.54) is 11.8 Å². The molecule has 0 saturated heterocycles. The smallest absolute Gasteiger partial charge is 0.263 e. The van der Waals surface area contributed by atoms with Gasteiger partial charge in [-0.2, -0.15) is 0 Å². The average molecular weight is 419 g/mol. The highest BCUT2D eigenvalue weighted by molar-refractivity contribution is 8.00. The van der Waals surface area contributed by atoms with Gasteiger partial charge in [0.25, 0.3) is 5.56 Å². The fourth-order valence-electron chi connectivity index (χ4n) is 3.44. The number of hydrogen-bond donors (Lipinski definition) is 0. The van der Waals surface area contributed by atoms with E-state index >= 15 is 0 Å². The predicted octanol–water partition coefficient (Wildman–Crippen LogP) is 4.21. The van der Waals surface area contributed by atoms with Crippen LogP contribution in [0.3, 0.4) is 0 Å². The van der Waals surface area contributed by atoms with Gasteiger partial charge >= 0.3 is 0 Å². The maximum Gasteiger partial charge on any atom is 0.263 e. The fourth-order valence-corrected chi connectivity index (χ4v) is 4.38. The van der Waals surface area contributed by atoms with Gasteiger partial charge in [0, 0.05) is 12.1 Å². The summed E-state index contributed by atoms with van der Waals surface area (Å²) in [5, 5.41) is 9.34. The topological polar surface area (TPSA) is 69.3 Å². The lowest BCUT2D eigenvalue weighted by atomic mass is 10.0. The number of fused-ring (bicyclic) bond motifs is 3. The molecule has 4 rings (SSSR count). The second kappa shape index (κ2) is 7.91. The van der Waals surface area contributed by atoms with Crippen molar-refractivity contribution in [2.45, 2.75) is 37.7 Å². The van der Waals surface area contributed by atoms with E-state index in [1.807, 2.05) is 61.6 Å². The normalized spacial score (nSPS) is 12.4. The molecule has 1 unspecified atom stereocenters. The molecule has 0 bridgehead atoms. The lowest BCUT2D eigenvalue weighted by Crippen LogP contribution is -2.23. The highest BCUT2D eigenvalue weighted by atomic mass is 32.2. The summed E-state index contributed by atoms with van der Waals surface area (Å²) in [6.45, 7) is 9.96. The van der Waals surface area contributed by atoms with Crippen LogP contribution in [0.25, 0.3) is 16.7 Å². The third kappa shape index (κ3) is 3.35. The van der Waals surface area contributed by atoms with Gasteiger partial charge in [0.2, 0.25) is 5.78 Å². The van der Waals surface area contributed by atoms with Crippen molar-refractivity contribution >= 4 is 34.2 Å². The number of Topliss-reactive ketones (excluding diaryl/α,β-unsaturated/α-hetero) is 1. The zero-order valence-corrected chi connectivity index (χ0v) is 17.9. The molecule has 0 aliphatic rings.